The largest absolute Gasteiger partial charge is 0.302 e. The molecular formula is C19H30N2O2S. The highest BCUT2D eigenvalue weighted by Crippen LogP contribution is 2.64. The topological polar surface area (TPSA) is 40.6 Å². The zero-order valence-electron chi connectivity index (χ0n) is 15.3. The minimum absolute atomic E-state index is 0.233. The van der Waals surface area contributed by atoms with Crippen LogP contribution in [0.25, 0.3) is 0 Å². The SMILES string of the molecule is CN(CC1(c2ccccc2)CC1(C)C)C1CCN(S(C)(=O)=O)CC1. The third kappa shape index (κ3) is 3.26. The second-order valence-corrected chi connectivity index (χ2v) is 10.3. The van der Waals surface area contributed by atoms with Crippen molar-refractivity contribution in [3.05, 3.63) is 35.9 Å². The molecule has 1 aliphatic carbocycles. The van der Waals surface area contributed by atoms with Gasteiger partial charge >= 0.3 is 0 Å². The third-order valence-electron chi connectivity index (χ3n) is 6.28. The summed E-state index contributed by atoms with van der Waals surface area (Å²) < 4.78 is 25.0. The molecule has 5 heteroatoms. The Hall–Kier alpha value is -0.910. The van der Waals surface area contributed by atoms with Gasteiger partial charge in [-0.15, -0.1) is 0 Å². The molecule has 0 amide bonds. The van der Waals surface area contributed by atoms with E-state index in [1.807, 2.05) is 0 Å². The van der Waals surface area contributed by atoms with E-state index in [1.165, 1.54) is 18.2 Å². The Morgan fingerprint density at radius 3 is 2.17 bits per heavy atom. The number of hydrogen-bond donors (Lipinski definition) is 0. The Bertz CT molecular complexity index is 679. The van der Waals surface area contributed by atoms with Gasteiger partial charge in [0.2, 0.25) is 10.0 Å². The number of benzene rings is 1. The summed E-state index contributed by atoms with van der Waals surface area (Å²) in [6.07, 6.45) is 4.38. The van der Waals surface area contributed by atoms with Crippen LogP contribution in [0.5, 0.6) is 0 Å². The summed E-state index contributed by atoms with van der Waals surface area (Å²) >= 11 is 0. The molecule has 4 nitrogen and oxygen atoms in total. The Morgan fingerprint density at radius 2 is 1.71 bits per heavy atom. The number of likely N-dealkylation sites (N-methyl/N-ethyl adjacent to an activating group) is 1. The predicted molar refractivity (Wildman–Crippen MR) is 98.6 cm³/mol. The van der Waals surface area contributed by atoms with Crippen molar-refractivity contribution in [1.29, 1.82) is 0 Å². The van der Waals surface area contributed by atoms with Gasteiger partial charge in [-0.05, 0) is 37.3 Å². The van der Waals surface area contributed by atoms with E-state index >= 15 is 0 Å². The minimum atomic E-state index is -3.04. The maximum atomic E-state index is 11.7. The second-order valence-electron chi connectivity index (χ2n) is 8.32. The minimum Gasteiger partial charge on any atom is -0.302 e. The molecule has 1 heterocycles. The number of nitrogens with zero attached hydrogens (tertiary/aromatic N) is 2. The fraction of sp³-hybridized carbons (Fsp3) is 0.684. The molecule has 1 atom stereocenters. The first kappa shape index (κ1) is 17.9. The molecule has 1 aromatic rings. The molecule has 1 saturated heterocycles. The fourth-order valence-corrected chi connectivity index (χ4v) is 5.36. The van der Waals surface area contributed by atoms with Crippen molar-refractivity contribution in [3.63, 3.8) is 0 Å². The number of hydrogen-bond acceptors (Lipinski definition) is 3. The Morgan fingerprint density at radius 1 is 1.17 bits per heavy atom. The molecule has 0 bridgehead atoms. The van der Waals surface area contributed by atoms with Crippen molar-refractivity contribution in [2.45, 2.75) is 44.6 Å². The van der Waals surface area contributed by atoms with Crippen LogP contribution in [0.3, 0.4) is 0 Å². The lowest BCUT2D eigenvalue weighted by atomic mass is 9.86. The van der Waals surface area contributed by atoms with Gasteiger partial charge in [0.05, 0.1) is 6.26 Å². The maximum absolute atomic E-state index is 11.7. The lowest BCUT2D eigenvalue weighted by Crippen LogP contribution is -2.47. The molecule has 0 radical (unpaired) electrons. The Kier molecular flexibility index (Phi) is 4.56. The van der Waals surface area contributed by atoms with E-state index in [4.69, 9.17) is 0 Å². The molecule has 134 valence electrons. The van der Waals surface area contributed by atoms with Crippen molar-refractivity contribution in [2.75, 3.05) is 32.9 Å². The highest BCUT2D eigenvalue weighted by atomic mass is 32.2. The number of sulfonamides is 1. The molecule has 0 aromatic heterocycles. The molecular weight excluding hydrogens is 320 g/mol. The van der Waals surface area contributed by atoms with Gasteiger partial charge in [-0.2, -0.15) is 0 Å². The zero-order chi connectivity index (χ0) is 17.6. The van der Waals surface area contributed by atoms with Gasteiger partial charge in [0.25, 0.3) is 0 Å². The summed E-state index contributed by atoms with van der Waals surface area (Å²) in [5, 5.41) is 0. The van der Waals surface area contributed by atoms with E-state index in [2.05, 4.69) is 56.1 Å². The van der Waals surface area contributed by atoms with Gasteiger partial charge in [0.1, 0.15) is 0 Å². The molecule has 2 aliphatic rings. The van der Waals surface area contributed by atoms with Crippen LogP contribution >= 0.6 is 0 Å². The number of piperidine rings is 1. The van der Waals surface area contributed by atoms with Gasteiger partial charge in [-0.3, -0.25) is 0 Å². The average molecular weight is 351 g/mol. The summed E-state index contributed by atoms with van der Waals surface area (Å²) in [5.74, 6) is 0. The van der Waals surface area contributed by atoms with Crippen molar-refractivity contribution in [2.24, 2.45) is 5.41 Å². The van der Waals surface area contributed by atoms with Gasteiger partial charge in [-0.25, -0.2) is 12.7 Å². The zero-order valence-corrected chi connectivity index (χ0v) is 16.1. The molecule has 1 unspecified atom stereocenters. The first-order chi connectivity index (χ1) is 11.2. The second kappa shape index (κ2) is 6.11. The van der Waals surface area contributed by atoms with E-state index in [1.54, 1.807) is 4.31 Å². The summed E-state index contributed by atoms with van der Waals surface area (Å²) in [6.45, 7) is 7.07. The smallest absolute Gasteiger partial charge is 0.211 e. The van der Waals surface area contributed by atoms with Crippen molar-refractivity contribution in [1.82, 2.24) is 9.21 Å². The molecule has 3 rings (SSSR count). The summed E-state index contributed by atoms with van der Waals surface area (Å²) in [4.78, 5) is 2.47. The standard InChI is InChI=1S/C19H30N2O2S/c1-18(2)14-19(18,16-8-6-5-7-9-16)15-20(3)17-10-12-21(13-11-17)24(4,22)23/h5-9,17H,10-15H2,1-4H3. The predicted octanol–water partition coefficient (Wildman–Crippen LogP) is 2.71. The summed E-state index contributed by atoms with van der Waals surface area (Å²) in [6, 6.07) is 11.3. The summed E-state index contributed by atoms with van der Waals surface area (Å²) in [5.41, 5.74) is 2.00. The van der Waals surface area contributed by atoms with Crippen LogP contribution in [0, 0.1) is 5.41 Å². The van der Waals surface area contributed by atoms with Crippen LogP contribution in [-0.4, -0.2) is 56.6 Å². The Labute approximate surface area is 146 Å². The summed E-state index contributed by atoms with van der Waals surface area (Å²) in [7, 11) is -0.836. The van der Waals surface area contributed by atoms with Crippen LogP contribution < -0.4 is 0 Å². The lowest BCUT2D eigenvalue weighted by Gasteiger charge is -2.38. The van der Waals surface area contributed by atoms with Crippen LogP contribution in [-0.2, 0) is 15.4 Å². The van der Waals surface area contributed by atoms with Crippen molar-refractivity contribution in [3.8, 4) is 0 Å². The van der Waals surface area contributed by atoms with Crippen LogP contribution in [0.1, 0.15) is 38.7 Å². The average Bonchev–Trinajstić information content (AvgIpc) is 3.09. The molecule has 24 heavy (non-hydrogen) atoms. The van der Waals surface area contributed by atoms with Gasteiger partial charge in [0.15, 0.2) is 0 Å². The van der Waals surface area contributed by atoms with E-state index in [9.17, 15) is 8.42 Å². The van der Waals surface area contributed by atoms with Crippen molar-refractivity contribution >= 4 is 10.0 Å². The van der Waals surface area contributed by atoms with Crippen molar-refractivity contribution < 1.29 is 8.42 Å². The molecule has 1 saturated carbocycles. The molecule has 1 aliphatic heterocycles. The van der Waals surface area contributed by atoms with Gasteiger partial charge in [-0.1, -0.05) is 44.2 Å². The van der Waals surface area contributed by atoms with Crippen LogP contribution in [0.4, 0.5) is 0 Å². The molecule has 1 aromatic carbocycles. The molecule has 0 spiro atoms. The quantitative estimate of drug-likeness (QED) is 0.820. The highest BCUT2D eigenvalue weighted by Gasteiger charge is 2.62. The first-order valence-corrected chi connectivity index (χ1v) is 10.7. The highest BCUT2D eigenvalue weighted by molar-refractivity contribution is 7.88. The number of rotatable bonds is 5. The van der Waals surface area contributed by atoms with Crippen LogP contribution in [0.15, 0.2) is 30.3 Å². The lowest BCUT2D eigenvalue weighted by molar-refractivity contribution is 0.150. The first-order valence-electron chi connectivity index (χ1n) is 8.87. The van der Waals surface area contributed by atoms with Gasteiger partial charge < -0.3 is 4.90 Å². The normalized spacial score (nSPS) is 28.2. The van der Waals surface area contributed by atoms with E-state index in [-0.39, 0.29) is 5.41 Å². The van der Waals surface area contributed by atoms with Crippen LogP contribution in [0.2, 0.25) is 0 Å². The Balaban J connectivity index is 1.68. The maximum Gasteiger partial charge on any atom is 0.211 e. The molecule has 0 N–H and O–H groups in total. The van der Waals surface area contributed by atoms with E-state index < -0.39 is 10.0 Å². The molecule has 2 fully saturated rings. The van der Waals surface area contributed by atoms with Gasteiger partial charge in [0, 0.05) is 31.1 Å². The fourth-order valence-electron chi connectivity index (χ4n) is 4.49. The third-order valence-corrected chi connectivity index (χ3v) is 7.58. The monoisotopic (exact) mass is 350 g/mol. The van der Waals surface area contributed by atoms with E-state index in [0.717, 1.165) is 19.4 Å². The van der Waals surface area contributed by atoms with E-state index in [0.29, 0.717) is 24.5 Å².